The summed E-state index contributed by atoms with van der Waals surface area (Å²) in [5.41, 5.74) is 4.16. The maximum absolute atomic E-state index is 12.9. The summed E-state index contributed by atoms with van der Waals surface area (Å²) >= 11 is 0. The third-order valence-electron chi connectivity index (χ3n) is 4.87. The highest BCUT2D eigenvalue weighted by molar-refractivity contribution is 7.89. The van der Waals surface area contributed by atoms with Gasteiger partial charge in [0, 0.05) is 43.1 Å². The predicted octanol–water partition coefficient (Wildman–Crippen LogP) is 2.69. The summed E-state index contributed by atoms with van der Waals surface area (Å²) in [7, 11) is -1.94. The Bertz CT molecular complexity index is 887. The first kappa shape index (κ1) is 16.4. The van der Waals surface area contributed by atoms with Gasteiger partial charge in [-0.25, -0.2) is 8.42 Å². The fourth-order valence-electron chi connectivity index (χ4n) is 3.45. The summed E-state index contributed by atoms with van der Waals surface area (Å²) in [6.07, 6.45) is 1.63. The molecule has 5 nitrogen and oxygen atoms in total. The van der Waals surface area contributed by atoms with Crippen LogP contribution in [0, 0.1) is 6.92 Å². The fraction of sp³-hybridized carbons (Fsp3) is 0.368. The quantitative estimate of drug-likeness (QED) is 0.842. The van der Waals surface area contributed by atoms with Gasteiger partial charge in [-0.2, -0.15) is 4.31 Å². The molecule has 25 heavy (non-hydrogen) atoms. The molecule has 0 saturated heterocycles. The zero-order valence-electron chi connectivity index (χ0n) is 14.4. The SMILES string of the molecule is Cc1ccc(S(=O)(=O)N(C)Cc2c3c(cc4c2OCC4)OCC3)cc1. The van der Waals surface area contributed by atoms with Gasteiger partial charge < -0.3 is 9.47 Å². The van der Waals surface area contributed by atoms with E-state index in [4.69, 9.17) is 9.47 Å². The minimum atomic E-state index is -3.55. The van der Waals surface area contributed by atoms with E-state index in [0.717, 1.165) is 46.6 Å². The van der Waals surface area contributed by atoms with Gasteiger partial charge in [-0.15, -0.1) is 0 Å². The molecule has 2 heterocycles. The Labute approximate surface area is 148 Å². The Morgan fingerprint density at radius 3 is 2.56 bits per heavy atom. The molecule has 2 aromatic carbocycles. The maximum Gasteiger partial charge on any atom is 0.243 e. The van der Waals surface area contributed by atoms with Crippen molar-refractivity contribution in [1.29, 1.82) is 0 Å². The van der Waals surface area contributed by atoms with E-state index in [1.807, 2.05) is 25.1 Å². The monoisotopic (exact) mass is 359 g/mol. The van der Waals surface area contributed by atoms with Crippen LogP contribution < -0.4 is 9.47 Å². The highest BCUT2D eigenvalue weighted by atomic mass is 32.2. The summed E-state index contributed by atoms with van der Waals surface area (Å²) in [4.78, 5) is 0.307. The van der Waals surface area contributed by atoms with Crippen LogP contribution in [0.2, 0.25) is 0 Å². The highest BCUT2D eigenvalue weighted by Gasteiger charge is 2.29. The van der Waals surface area contributed by atoms with E-state index in [-0.39, 0.29) is 6.54 Å². The van der Waals surface area contributed by atoms with Crippen molar-refractivity contribution >= 4 is 10.0 Å². The Balaban J connectivity index is 1.70. The summed E-state index contributed by atoms with van der Waals surface area (Å²) in [6.45, 7) is 3.50. The zero-order chi connectivity index (χ0) is 17.6. The Hall–Kier alpha value is -2.05. The van der Waals surface area contributed by atoms with Crippen LogP contribution in [-0.4, -0.2) is 33.0 Å². The van der Waals surface area contributed by atoms with Crippen molar-refractivity contribution in [2.75, 3.05) is 20.3 Å². The first-order valence-electron chi connectivity index (χ1n) is 8.43. The van der Waals surface area contributed by atoms with Crippen molar-refractivity contribution in [3.05, 3.63) is 52.6 Å². The summed E-state index contributed by atoms with van der Waals surface area (Å²) in [5, 5.41) is 0. The van der Waals surface area contributed by atoms with Gasteiger partial charge in [-0.05, 0) is 25.1 Å². The largest absolute Gasteiger partial charge is 0.493 e. The second-order valence-corrected chi connectivity index (χ2v) is 8.64. The zero-order valence-corrected chi connectivity index (χ0v) is 15.2. The van der Waals surface area contributed by atoms with Crippen LogP contribution in [-0.2, 0) is 29.4 Å². The molecular formula is C19H21NO4S. The molecular weight excluding hydrogens is 338 g/mol. The average molecular weight is 359 g/mol. The van der Waals surface area contributed by atoms with Crippen LogP contribution in [0.25, 0.3) is 0 Å². The summed E-state index contributed by atoms with van der Waals surface area (Å²) in [5.74, 6) is 1.72. The van der Waals surface area contributed by atoms with Gasteiger partial charge in [0.15, 0.2) is 0 Å². The van der Waals surface area contributed by atoms with Crippen molar-refractivity contribution in [2.45, 2.75) is 31.2 Å². The Kier molecular flexibility index (Phi) is 3.96. The molecule has 2 aliphatic rings. The second kappa shape index (κ2) is 6.04. The molecule has 132 valence electrons. The van der Waals surface area contributed by atoms with Gasteiger partial charge in [-0.1, -0.05) is 17.7 Å². The van der Waals surface area contributed by atoms with Crippen LogP contribution in [0.15, 0.2) is 35.2 Å². The predicted molar refractivity (Wildman–Crippen MR) is 94.7 cm³/mol. The molecule has 0 unspecified atom stereocenters. The first-order valence-corrected chi connectivity index (χ1v) is 9.87. The van der Waals surface area contributed by atoms with Gasteiger partial charge in [0.25, 0.3) is 0 Å². The molecule has 0 atom stereocenters. The van der Waals surface area contributed by atoms with Crippen LogP contribution in [0.1, 0.15) is 22.3 Å². The van der Waals surface area contributed by atoms with Gasteiger partial charge in [0.2, 0.25) is 10.0 Å². The van der Waals surface area contributed by atoms with E-state index in [9.17, 15) is 8.42 Å². The minimum absolute atomic E-state index is 0.283. The third kappa shape index (κ3) is 2.79. The Morgan fingerprint density at radius 1 is 1.08 bits per heavy atom. The van der Waals surface area contributed by atoms with Gasteiger partial charge >= 0.3 is 0 Å². The second-order valence-electron chi connectivity index (χ2n) is 6.59. The summed E-state index contributed by atoms with van der Waals surface area (Å²) in [6, 6.07) is 8.98. The number of ether oxygens (including phenoxy) is 2. The van der Waals surface area contributed by atoms with Crippen molar-refractivity contribution in [3.63, 3.8) is 0 Å². The van der Waals surface area contributed by atoms with Crippen molar-refractivity contribution in [1.82, 2.24) is 4.31 Å². The number of fused-ring (bicyclic) bond motifs is 2. The molecule has 2 aromatic rings. The molecule has 0 saturated carbocycles. The molecule has 0 radical (unpaired) electrons. The first-order chi connectivity index (χ1) is 12.0. The molecule has 0 amide bonds. The number of sulfonamides is 1. The summed E-state index contributed by atoms with van der Waals surface area (Å²) < 4.78 is 38.7. The van der Waals surface area contributed by atoms with Crippen molar-refractivity contribution in [3.8, 4) is 11.5 Å². The van der Waals surface area contributed by atoms with E-state index in [1.165, 1.54) is 4.31 Å². The third-order valence-corrected chi connectivity index (χ3v) is 6.69. The number of benzene rings is 2. The molecule has 0 bridgehead atoms. The fourth-order valence-corrected chi connectivity index (χ4v) is 4.59. The van der Waals surface area contributed by atoms with Gasteiger partial charge in [0.1, 0.15) is 11.5 Å². The lowest BCUT2D eigenvalue weighted by molar-refractivity contribution is 0.348. The normalized spacial score (nSPS) is 15.6. The van der Waals surface area contributed by atoms with Gasteiger partial charge in [0.05, 0.1) is 18.1 Å². The topological polar surface area (TPSA) is 55.8 Å². The van der Waals surface area contributed by atoms with Crippen LogP contribution in [0.4, 0.5) is 0 Å². The van der Waals surface area contributed by atoms with E-state index in [0.29, 0.717) is 18.1 Å². The van der Waals surface area contributed by atoms with E-state index in [1.54, 1.807) is 19.2 Å². The lowest BCUT2D eigenvalue weighted by Gasteiger charge is -2.20. The molecule has 0 aromatic heterocycles. The Morgan fingerprint density at radius 2 is 1.80 bits per heavy atom. The highest BCUT2D eigenvalue weighted by Crippen LogP contribution is 2.41. The lowest BCUT2D eigenvalue weighted by Crippen LogP contribution is -2.27. The van der Waals surface area contributed by atoms with Crippen LogP contribution in [0.3, 0.4) is 0 Å². The van der Waals surface area contributed by atoms with Crippen molar-refractivity contribution < 1.29 is 17.9 Å². The minimum Gasteiger partial charge on any atom is -0.493 e. The molecule has 0 N–H and O–H groups in total. The van der Waals surface area contributed by atoms with E-state index >= 15 is 0 Å². The number of aryl methyl sites for hydroxylation is 1. The molecule has 0 spiro atoms. The molecule has 2 aliphatic heterocycles. The standard InChI is InChI=1S/C19H21NO4S/c1-13-3-5-15(6-4-13)25(21,22)20(2)12-17-16-8-10-23-18(16)11-14-7-9-24-19(14)17/h3-6,11H,7-10,12H2,1-2H3. The number of nitrogens with zero attached hydrogens (tertiary/aromatic N) is 1. The van der Waals surface area contributed by atoms with E-state index in [2.05, 4.69) is 0 Å². The van der Waals surface area contributed by atoms with Gasteiger partial charge in [-0.3, -0.25) is 0 Å². The number of hydrogen-bond acceptors (Lipinski definition) is 4. The molecule has 4 rings (SSSR count). The molecule has 0 fully saturated rings. The number of hydrogen-bond donors (Lipinski definition) is 0. The molecule has 6 heteroatoms. The van der Waals surface area contributed by atoms with Crippen molar-refractivity contribution in [2.24, 2.45) is 0 Å². The van der Waals surface area contributed by atoms with E-state index < -0.39 is 10.0 Å². The molecule has 0 aliphatic carbocycles. The number of rotatable bonds is 4. The lowest BCUT2D eigenvalue weighted by atomic mass is 9.99. The average Bonchev–Trinajstić information content (AvgIpc) is 3.23. The van der Waals surface area contributed by atoms with Crippen LogP contribution in [0.5, 0.6) is 11.5 Å². The smallest absolute Gasteiger partial charge is 0.243 e. The van der Waals surface area contributed by atoms with Crippen LogP contribution >= 0.6 is 0 Å². The maximum atomic E-state index is 12.9.